The van der Waals surface area contributed by atoms with Crippen molar-refractivity contribution in [1.29, 1.82) is 0 Å². The van der Waals surface area contributed by atoms with E-state index in [4.69, 9.17) is 28.4 Å². The monoisotopic (exact) mass is 1390 g/mol. The molecule has 0 spiro atoms. The smallest absolute Gasteiger partial charge is 0.335 e. The molecule has 6 aromatic heterocycles. The number of imidazole rings is 2. The minimum atomic E-state index is -1.08. The first-order chi connectivity index (χ1) is 49.6. The van der Waals surface area contributed by atoms with Crippen LogP contribution < -0.4 is 9.47 Å². The minimum Gasteiger partial charge on any atom is -0.478 e. The molecule has 28 heteroatoms. The van der Waals surface area contributed by atoms with Crippen molar-refractivity contribution in [3.05, 3.63) is 226 Å². The molecule has 520 valence electrons. The standard InChI is InChI=1S/2C37H31F3N6O5/c2*38-28-12-21(33-18-46(44-43-33)25-8-10-49-20-25)4-5-23(28)19-51-36-3-1-2-31(42-36)27-16-29(39)24(13-30(27)40)15-35-41-32-7-6-22(37(47)48)14-34(32)45(35)17-26-9-11-50-26/h2*1-7,12-14,16,18,25-26H,8-11,15,17,19-20H2,(H,47,48). The lowest BCUT2D eigenvalue weighted by Crippen LogP contribution is -2.31. The molecule has 10 heterocycles. The van der Waals surface area contributed by atoms with E-state index in [1.54, 1.807) is 82.4 Å². The summed E-state index contributed by atoms with van der Waals surface area (Å²) in [5.41, 5.74) is 5.48. The largest absolute Gasteiger partial charge is 0.478 e. The van der Waals surface area contributed by atoms with Crippen molar-refractivity contribution < 1.29 is 74.6 Å². The first-order valence-corrected chi connectivity index (χ1v) is 33.0. The molecular formula is C74H62F6N12O10. The molecule has 0 amide bonds. The van der Waals surface area contributed by atoms with Crippen LogP contribution >= 0.6 is 0 Å². The van der Waals surface area contributed by atoms with Crippen LogP contribution in [-0.2, 0) is 58.1 Å². The molecule has 16 rings (SSSR count). The van der Waals surface area contributed by atoms with Crippen molar-refractivity contribution in [1.82, 2.24) is 59.1 Å². The number of aromatic carboxylic acids is 2. The molecule has 4 aliphatic rings. The van der Waals surface area contributed by atoms with E-state index in [9.17, 15) is 19.8 Å². The summed E-state index contributed by atoms with van der Waals surface area (Å²) in [4.78, 5) is 41.2. The Balaban J connectivity index is 0.000000165. The fourth-order valence-corrected chi connectivity index (χ4v) is 12.6. The normalized spacial score (nSPS) is 17.2. The molecule has 4 atom stereocenters. The van der Waals surface area contributed by atoms with E-state index in [0.717, 1.165) is 49.9 Å². The molecule has 22 nitrogen and oxygen atoms in total. The number of aromatic nitrogens is 12. The van der Waals surface area contributed by atoms with Crippen molar-refractivity contribution in [2.45, 2.75) is 89.1 Å². The second kappa shape index (κ2) is 28.8. The predicted molar refractivity (Wildman–Crippen MR) is 355 cm³/mol. The Morgan fingerprint density at radius 3 is 1.27 bits per heavy atom. The van der Waals surface area contributed by atoms with Gasteiger partial charge in [0.05, 0.1) is 108 Å². The van der Waals surface area contributed by atoms with Crippen molar-refractivity contribution >= 4 is 34.0 Å². The fourth-order valence-electron chi connectivity index (χ4n) is 12.6. The molecular weight excluding hydrogens is 1330 g/mol. The van der Waals surface area contributed by atoms with Crippen molar-refractivity contribution in [2.24, 2.45) is 0 Å². The molecule has 0 aliphatic carbocycles. The Hall–Kier alpha value is -11.2. The summed E-state index contributed by atoms with van der Waals surface area (Å²) < 4.78 is 133. The van der Waals surface area contributed by atoms with Crippen LogP contribution in [0.15, 0.2) is 146 Å². The van der Waals surface area contributed by atoms with Crippen molar-refractivity contribution in [2.75, 3.05) is 39.6 Å². The number of carboxylic acids is 2. The number of fused-ring (bicyclic) bond motifs is 2. The van der Waals surface area contributed by atoms with Crippen LogP contribution in [0.5, 0.6) is 11.8 Å². The summed E-state index contributed by atoms with van der Waals surface area (Å²) in [6, 6.07) is 32.5. The van der Waals surface area contributed by atoms with E-state index in [-0.39, 0.29) is 118 Å². The van der Waals surface area contributed by atoms with E-state index in [1.165, 1.54) is 48.5 Å². The van der Waals surface area contributed by atoms with Gasteiger partial charge in [0.25, 0.3) is 0 Å². The van der Waals surface area contributed by atoms with Gasteiger partial charge >= 0.3 is 11.9 Å². The van der Waals surface area contributed by atoms with Crippen LogP contribution in [0.25, 0.3) is 67.1 Å². The van der Waals surface area contributed by atoms with E-state index in [2.05, 4.69) is 40.6 Å². The van der Waals surface area contributed by atoms with E-state index in [0.29, 0.717) is 109 Å². The van der Waals surface area contributed by atoms with Gasteiger partial charge in [0.15, 0.2) is 0 Å². The Morgan fingerprint density at radius 2 is 0.892 bits per heavy atom. The number of hydrogen-bond acceptors (Lipinski definition) is 16. The highest BCUT2D eigenvalue weighted by Gasteiger charge is 2.28. The number of pyridine rings is 2. The van der Waals surface area contributed by atoms with E-state index < -0.39 is 46.8 Å². The third-order valence-corrected chi connectivity index (χ3v) is 18.5. The van der Waals surface area contributed by atoms with Gasteiger partial charge < -0.3 is 47.8 Å². The highest BCUT2D eigenvalue weighted by atomic mass is 19.1. The number of ether oxygens (including phenoxy) is 6. The van der Waals surface area contributed by atoms with Gasteiger partial charge in [-0.1, -0.05) is 46.8 Å². The van der Waals surface area contributed by atoms with Crippen molar-refractivity contribution in [3.8, 4) is 56.8 Å². The van der Waals surface area contributed by atoms with Crippen LogP contribution in [0.2, 0.25) is 0 Å². The zero-order valence-electron chi connectivity index (χ0n) is 54.3. The second-order valence-electron chi connectivity index (χ2n) is 25.2. The van der Waals surface area contributed by atoms with Gasteiger partial charge in [0, 0.05) is 84.8 Å². The lowest BCUT2D eigenvalue weighted by Gasteiger charge is -2.27. The molecule has 4 aliphatic heterocycles. The number of rotatable bonds is 22. The number of nitrogens with zero attached hydrogens (tertiary/aromatic N) is 12. The SMILES string of the molecule is O=C(O)c1ccc2nc(Cc3cc(F)c(-c4cccc(OCc5ccc(-c6cn(C7CCOC7)nn6)cc5F)n4)cc3F)n(CC3CCO3)c2c1.O=C(O)c1ccc2nc(Cc3cc(F)c(-c4cccc(OCc5ccc(-c6cn(C7CCOC7)nn6)cc5F)n4)cc3F)n(CC3CCO3)c2c1. The quantitative estimate of drug-likeness (QED) is 0.0598. The molecule has 102 heavy (non-hydrogen) atoms. The average molecular weight is 1390 g/mol. The maximum atomic E-state index is 15.6. The lowest BCUT2D eigenvalue weighted by molar-refractivity contribution is -0.0591. The van der Waals surface area contributed by atoms with Gasteiger partial charge in [-0.25, -0.2) is 65.2 Å². The third-order valence-electron chi connectivity index (χ3n) is 18.5. The van der Waals surface area contributed by atoms with Gasteiger partial charge in [0.2, 0.25) is 11.8 Å². The van der Waals surface area contributed by atoms with Gasteiger partial charge in [-0.05, 0) is 122 Å². The van der Waals surface area contributed by atoms with Crippen LogP contribution in [0.4, 0.5) is 26.3 Å². The van der Waals surface area contributed by atoms with Crippen LogP contribution in [0, 0.1) is 34.9 Å². The van der Waals surface area contributed by atoms with Crippen LogP contribution in [0.3, 0.4) is 0 Å². The molecule has 4 saturated heterocycles. The average Bonchev–Trinajstić information content (AvgIpc) is 1.53. The molecule has 0 bridgehead atoms. The summed E-state index contributed by atoms with van der Waals surface area (Å²) in [5.74, 6) is -4.76. The lowest BCUT2D eigenvalue weighted by atomic mass is 10.0. The number of benzene rings is 6. The number of carboxylic acid groups (broad SMARTS) is 2. The summed E-state index contributed by atoms with van der Waals surface area (Å²) in [6.07, 6.45) is 6.64. The minimum absolute atomic E-state index is 0.0400. The summed E-state index contributed by atoms with van der Waals surface area (Å²) in [5, 5.41) is 35.7. The second-order valence-corrected chi connectivity index (χ2v) is 25.2. The first kappa shape index (κ1) is 66.7. The molecule has 0 radical (unpaired) electrons. The van der Waals surface area contributed by atoms with Crippen LogP contribution in [-0.4, -0.2) is 133 Å². The third kappa shape index (κ3) is 14.3. The van der Waals surface area contributed by atoms with Gasteiger partial charge in [-0.15, -0.1) is 10.2 Å². The van der Waals surface area contributed by atoms with Gasteiger partial charge in [-0.2, -0.15) is 0 Å². The molecule has 12 aromatic rings. The van der Waals surface area contributed by atoms with E-state index in [1.807, 2.05) is 9.13 Å². The maximum absolute atomic E-state index is 15.6. The Morgan fingerprint density at radius 1 is 0.461 bits per heavy atom. The maximum Gasteiger partial charge on any atom is 0.335 e. The Kier molecular flexibility index (Phi) is 18.8. The Bertz CT molecular complexity index is 4840. The number of hydrogen-bond donors (Lipinski definition) is 2. The molecule has 6 aromatic carbocycles. The highest BCUT2D eigenvalue weighted by molar-refractivity contribution is 5.93. The predicted octanol–water partition coefficient (Wildman–Crippen LogP) is 12.8. The topological polar surface area (TPSA) is 253 Å². The van der Waals surface area contributed by atoms with Crippen molar-refractivity contribution in [3.63, 3.8) is 0 Å². The molecule has 2 N–H and O–H groups in total. The molecule has 4 fully saturated rings. The highest BCUT2D eigenvalue weighted by Crippen LogP contribution is 2.34. The van der Waals surface area contributed by atoms with Gasteiger partial charge in [-0.3, -0.25) is 0 Å². The van der Waals surface area contributed by atoms with Gasteiger partial charge in [0.1, 0.15) is 71.2 Å². The summed E-state index contributed by atoms with van der Waals surface area (Å²) in [7, 11) is 0. The Labute approximate surface area is 576 Å². The summed E-state index contributed by atoms with van der Waals surface area (Å²) >= 11 is 0. The summed E-state index contributed by atoms with van der Waals surface area (Å²) in [6.45, 7) is 4.24. The number of carbonyl (C=O) groups is 2. The molecule has 0 saturated carbocycles. The first-order valence-electron chi connectivity index (χ1n) is 33.0. The molecule has 4 unspecified atom stereocenters. The van der Waals surface area contributed by atoms with E-state index >= 15 is 26.3 Å². The zero-order chi connectivity index (χ0) is 70.1. The zero-order valence-corrected chi connectivity index (χ0v) is 54.3. The fraction of sp³-hybridized carbons (Fsp3) is 0.270. The number of halogens is 6. The van der Waals surface area contributed by atoms with Crippen LogP contribution in [0.1, 0.15) is 92.4 Å².